The number of likely N-dealkylation sites (tertiary alicyclic amines) is 2. The molecule has 2 aliphatic heterocycles. The van der Waals surface area contributed by atoms with Crippen LogP contribution < -0.4 is 35.3 Å². The maximum Gasteiger partial charge on any atom is 0.312 e. The summed E-state index contributed by atoms with van der Waals surface area (Å²) in [4.78, 5) is 118. The first-order valence-electron chi connectivity index (χ1n) is 35.2. The van der Waals surface area contributed by atoms with Crippen LogP contribution in [0, 0.1) is 51.2 Å². The number of allylic oxidation sites excluding steroid dienone is 2. The number of aliphatic carboxylic acids is 1. The number of Topliss-reactive ketones (excluding diaryl/α,β-unsaturated/α-hetero) is 2. The summed E-state index contributed by atoms with van der Waals surface area (Å²) < 4.78 is 35.3. The Bertz CT molecular complexity index is 4210. The van der Waals surface area contributed by atoms with E-state index in [0.717, 1.165) is 28.5 Å². The molecule has 102 heavy (non-hydrogen) atoms. The first kappa shape index (κ1) is 74.6. The minimum atomic E-state index is -1.24. The van der Waals surface area contributed by atoms with Gasteiger partial charge in [-0.1, -0.05) is 53.7 Å². The third-order valence-corrected chi connectivity index (χ3v) is 22.5. The van der Waals surface area contributed by atoms with E-state index in [4.69, 9.17) is 54.1 Å². The molecule has 6 aromatic rings. The van der Waals surface area contributed by atoms with Crippen LogP contribution in [0.15, 0.2) is 84.6 Å². The molecule has 25 heteroatoms. The third kappa shape index (κ3) is 16.1. The molecule has 4 saturated carbocycles. The molecule has 6 aliphatic rings. The van der Waals surface area contributed by atoms with Gasteiger partial charge in [-0.25, -0.2) is 19.9 Å². The second-order valence-corrected chi connectivity index (χ2v) is 32.9. The topological polar surface area (TPSA) is 303 Å². The monoisotopic (exact) mass is 1440 g/mol. The molecule has 4 aromatic heterocycles. The van der Waals surface area contributed by atoms with Gasteiger partial charge in [-0.2, -0.15) is 0 Å². The summed E-state index contributed by atoms with van der Waals surface area (Å²) in [7, 11) is 4.50. The number of nitrogens with two attached hydrogens (primary N) is 1. The Labute approximate surface area is 604 Å². The van der Waals surface area contributed by atoms with Crippen LogP contribution in [0.3, 0.4) is 0 Å². The standard InChI is InChI=1S/C42H52N4O8S.C35H45N5O6S/c1-8-25-18-42(25,39(50)51)19-35(47)34-15-28(20-46(34)38(49)30(41(4,5)6)16-37(48)54-27-12-23-11-24(23)13-27)53-36-17-32(33-21-55-40(45-33)43-22(2)3)44-31-14-26(52-7)9-10-29(31)36;1-9-20-15-35(20,32(43)45-8)16-28(41)27-13-22(17-40(27)31(42)30(36)34(4,5)6)46-29-14-25(26-18-47-33(39-26)37-19(2)3)38-24-12-21(44-7)10-11-23(24)29/h8-10,14,17,21-25,27-28,30,34H,1,11-13,15-16,18-20H2,2-7H3,(H,43,45)(H,50,51);9-12,14,18-20,22,27,30H,1,13,15-17,36H2,2-8H3,(H,37,39)/t23-,24+,25-,27?,28-,30-,34+,42-;20-,22-,27+,30-,35-/m11/s1. The minimum Gasteiger partial charge on any atom is -0.497 e. The van der Waals surface area contributed by atoms with Crippen LogP contribution in [-0.2, 0) is 43.0 Å². The quantitative estimate of drug-likeness (QED) is 0.0275. The van der Waals surface area contributed by atoms with Gasteiger partial charge in [0.25, 0.3) is 0 Å². The molecule has 5 N–H and O–H groups in total. The molecular formula is C77H97N9O14S2. The van der Waals surface area contributed by atoms with Gasteiger partial charge in [-0.15, -0.1) is 35.8 Å². The molecular weight excluding hydrogens is 1340 g/mol. The van der Waals surface area contributed by atoms with Crippen molar-refractivity contribution in [3.05, 3.63) is 84.6 Å². The number of carboxylic acids is 1. The van der Waals surface area contributed by atoms with Crippen molar-refractivity contribution in [1.29, 1.82) is 0 Å². The summed E-state index contributed by atoms with van der Waals surface area (Å²) in [6.45, 7) is 27.4. The maximum absolute atomic E-state index is 14.7. The smallest absolute Gasteiger partial charge is 0.312 e. The number of fused-ring (bicyclic) bond motifs is 3. The number of hydrogen-bond donors (Lipinski definition) is 4. The Morgan fingerprint density at radius 3 is 1.50 bits per heavy atom. The van der Waals surface area contributed by atoms with Crippen molar-refractivity contribution in [1.82, 2.24) is 29.7 Å². The Morgan fingerprint density at radius 2 is 1.09 bits per heavy atom. The number of carbonyl (C=O) groups is 7. The van der Waals surface area contributed by atoms with E-state index >= 15 is 0 Å². The lowest BCUT2D eigenvalue weighted by Crippen LogP contribution is -2.53. The van der Waals surface area contributed by atoms with Crippen LogP contribution in [0.4, 0.5) is 10.3 Å². The zero-order valence-corrected chi connectivity index (χ0v) is 62.3. The van der Waals surface area contributed by atoms with E-state index in [1.165, 1.54) is 46.0 Å². The van der Waals surface area contributed by atoms with Crippen LogP contribution >= 0.6 is 22.7 Å². The molecule has 4 aliphatic carbocycles. The molecule has 12 rings (SSSR count). The maximum atomic E-state index is 14.7. The number of pyridine rings is 2. The summed E-state index contributed by atoms with van der Waals surface area (Å²) in [5.74, 6) is -0.811. The summed E-state index contributed by atoms with van der Waals surface area (Å²) in [5, 5.41) is 23.7. The van der Waals surface area contributed by atoms with Crippen LogP contribution in [0.25, 0.3) is 44.6 Å². The number of benzene rings is 2. The van der Waals surface area contributed by atoms with Gasteiger partial charge >= 0.3 is 17.9 Å². The zero-order chi connectivity index (χ0) is 73.7. The molecule has 13 atom stereocenters. The summed E-state index contributed by atoms with van der Waals surface area (Å²) in [6.07, 6.45) is 5.76. The van der Waals surface area contributed by atoms with E-state index in [9.17, 15) is 38.7 Å². The van der Waals surface area contributed by atoms with Crippen LogP contribution in [0.5, 0.6) is 23.0 Å². The van der Waals surface area contributed by atoms with Crippen LogP contribution in [0.1, 0.15) is 133 Å². The SMILES string of the molecule is C=C[C@@H]1C[C@]1(CC(=O)[C@@H]1C[C@@H](Oc2cc(-c3csc(NC(C)C)n3)nc3cc(OC)ccc23)CN1C(=O)[C@@H](CC(=O)OC1C[C@@H]2C[C@@H]2C1)C(C)(C)C)C(=O)O.C=C[C@@H]1C[C@]1(CC(=O)[C@@H]1C[C@@H](Oc2cc(-c3csc(NC(C)C)n3)nc3cc(OC)ccc23)CN1C(=O)[C@@H](N)C(C)(C)C)C(=O)OC. The predicted molar refractivity (Wildman–Crippen MR) is 391 cm³/mol. The number of rotatable bonds is 27. The molecule has 546 valence electrons. The van der Waals surface area contributed by atoms with E-state index in [1.54, 1.807) is 26.4 Å². The molecule has 2 aromatic carbocycles. The first-order valence-corrected chi connectivity index (χ1v) is 37.0. The lowest BCUT2D eigenvalue weighted by molar-refractivity contribution is -0.157. The molecule has 2 amide bonds. The highest BCUT2D eigenvalue weighted by atomic mass is 32.1. The van der Waals surface area contributed by atoms with Crippen LogP contribution in [-0.4, -0.2) is 159 Å². The van der Waals surface area contributed by atoms with Gasteiger partial charge in [0.15, 0.2) is 21.8 Å². The number of nitrogens with one attached hydrogen (secondary N) is 2. The molecule has 6 fully saturated rings. The molecule has 0 radical (unpaired) electrons. The van der Waals surface area contributed by atoms with Gasteiger partial charge in [0.05, 0.1) is 98.1 Å². The highest BCUT2D eigenvalue weighted by Gasteiger charge is 2.63. The number of hydrogen-bond acceptors (Lipinski definition) is 22. The number of nitrogens with zero attached hydrogens (tertiary/aromatic N) is 6. The number of methoxy groups -OCH3 is 3. The fourth-order valence-electron chi connectivity index (χ4n) is 14.7. The van der Waals surface area contributed by atoms with Crippen molar-refractivity contribution < 1.29 is 67.1 Å². The van der Waals surface area contributed by atoms with Gasteiger partial charge in [0, 0.05) is 83.6 Å². The van der Waals surface area contributed by atoms with Gasteiger partial charge in [0.2, 0.25) is 11.8 Å². The van der Waals surface area contributed by atoms with Crippen molar-refractivity contribution >= 4 is 96.0 Å². The summed E-state index contributed by atoms with van der Waals surface area (Å²) in [6, 6.07) is 12.5. The van der Waals surface area contributed by atoms with E-state index in [-0.39, 0.29) is 98.6 Å². The average molecular weight is 1440 g/mol. The molecule has 0 bridgehead atoms. The highest BCUT2D eigenvalue weighted by molar-refractivity contribution is 7.14. The van der Waals surface area contributed by atoms with E-state index in [1.807, 2.05) is 129 Å². The summed E-state index contributed by atoms with van der Waals surface area (Å²) in [5.41, 5.74) is 6.89. The summed E-state index contributed by atoms with van der Waals surface area (Å²) >= 11 is 2.96. The molecule has 1 unspecified atom stereocenters. The number of thiazole rings is 2. The highest BCUT2D eigenvalue weighted by Crippen LogP contribution is 2.59. The second-order valence-electron chi connectivity index (χ2n) is 31.2. The zero-order valence-electron chi connectivity index (χ0n) is 60.7. The minimum absolute atomic E-state index is 0.0546. The Hall–Kier alpha value is -8.55. The van der Waals surface area contributed by atoms with Gasteiger partial charge < -0.3 is 59.7 Å². The second kappa shape index (κ2) is 29.7. The van der Waals surface area contributed by atoms with Crippen molar-refractivity contribution in [2.75, 3.05) is 45.1 Å². The Kier molecular flexibility index (Phi) is 21.7. The number of anilines is 2. The fraction of sp³-hybridized carbons (Fsp3) is 0.545. The van der Waals surface area contributed by atoms with E-state index in [2.05, 4.69) is 23.8 Å². The molecule has 23 nitrogen and oxygen atoms in total. The number of ketones is 2. The van der Waals surface area contributed by atoms with Gasteiger partial charge in [-0.05, 0) is 119 Å². The van der Waals surface area contributed by atoms with Gasteiger partial charge in [-0.3, -0.25) is 33.6 Å². The number of amides is 2. The van der Waals surface area contributed by atoms with Crippen molar-refractivity contribution in [2.24, 2.45) is 57.0 Å². The average Bonchev–Trinajstić information content (AvgIpc) is 1.53. The molecule has 0 spiro atoms. The number of ether oxygens (including phenoxy) is 6. The number of carboxylic acid groups (broad SMARTS) is 1. The lowest BCUT2D eigenvalue weighted by Gasteiger charge is -2.35. The lowest BCUT2D eigenvalue weighted by atomic mass is 9.77. The van der Waals surface area contributed by atoms with Crippen molar-refractivity contribution in [2.45, 2.75) is 182 Å². The Balaban J connectivity index is 0.000000208. The fourth-order valence-corrected chi connectivity index (χ4v) is 16.4. The van der Waals surface area contributed by atoms with E-state index in [0.29, 0.717) is 86.9 Å². The third-order valence-electron chi connectivity index (χ3n) is 21.0. The largest absolute Gasteiger partial charge is 0.497 e. The van der Waals surface area contributed by atoms with Crippen LogP contribution in [0.2, 0.25) is 0 Å². The Morgan fingerprint density at radius 1 is 0.627 bits per heavy atom. The van der Waals surface area contributed by atoms with Gasteiger partial charge in [0.1, 0.15) is 52.7 Å². The molecule has 2 saturated heterocycles. The predicted octanol–water partition coefficient (Wildman–Crippen LogP) is 12.4. The van der Waals surface area contributed by atoms with Crippen molar-refractivity contribution in [3.8, 4) is 45.8 Å². The number of aromatic nitrogens is 4. The first-order chi connectivity index (χ1) is 48.3. The van der Waals surface area contributed by atoms with E-state index < -0.39 is 75.8 Å². The normalized spacial score (nSPS) is 25.4. The number of esters is 2. The number of carbonyl (C=O) groups excluding carboxylic acids is 6. The molecule has 6 heterocycles. The van der Waals surface area contributed by atoms with Crippen molar-refractivity contribution in [3.63, 3.8) is 0 Å².